The number of aliphatic carboxylic acids is 1. The number of phenols is 1. The van der Waals surface area contributed by atoms with Crippen LogP contribution in [0.15, 0.2) is 51.7 Å². The molecule has 0 saturated carbocycles. The van der Waals surface area contributed by atoms with Crippen LogP contribution in [0.5, 0.6) is 5.75 Å². The third-order valence-electron chi connectivity index (χ3n) is 3.84. The fraction of sp³-hybridized carbons (Fsp3) is 0.167. The number of carboxylic acids is 1. The van der Waals surface area contributed by atoms with Gasteiger partial charge in [0, 0.05) is 6.42 Å². The quantitative estimate of drug-likeness (QED) is 0.653. The van der Waals surface area contributed by atoms with Crippen molar-refractivity contribution in [3.63, 3.8) is 0 Å². The van der Waals surface area contributed by atoms with Crippen LogP contribution in [0.25, 0.3) is 10.9 Å². The minimum atomic E-state index is -1.11. The van der Waals surface area contributed by atoms with Gasteiger partial charge >= 0.3 is 11.6 Å². The number of aryl methyl sites for hydroxylation is 1. The number of carboxylic acid groups (broad SMARTS) is 1. The molecule has 1 aromatic heterocycles. The average Bonchev–Trinajstić information content (AvgIpc) is 2.56. The molecule has 0 bridgehead atoms. The van der Waals surface area contributed by atoms with E-state index in [2.05, 4.69) is 10.3 Å². The molecular formula is C18H16N2O5. The smallest absolute Gasteiger partial charge is 0.348 e. The maximum atomic E-state index is 12.1. The summed E-state index contributed by atoms with van der Waals surface area (Å²) < 4.78 is 5.13. The highest BCUT2D eigenvalue weighted by Gasteiger charge is 2.20. The van der Waals surface area contributed by atoms with Gasteiger partial charge < -0.3 is 19.9 Å². The molecule has 1 atom stereocenters. The van der Waals surface area contributed by atoms with Gasteiger partial charge in [0.15, 0.2) is 0 Å². The lowest BCUT2D eigenvalue weighted by molar-refractivity contribution is -0.137. The van der Waals surface area contributed by atoms with E-state index in [-0.39, 0.29) is 18.2 Å². The van der Waals surface area contributed by atoms with Crippen molar-refractivity contribution in [2.45, 2.75) is 19.4 Å². The van der Waals surface area contributed by atoms with Crippen LogP contribution in [0.4, 0.5) is 6.01 Å². The first-order chi connectivity index (χ1) is 11.9. The van der Waals surface area contributed by atoms with E-state index in [1.165, 1.54) is 12.1 Å². The third-order valence-corrected chi connectivity index (χ3v) is 3.84. The zero-order valence-corrected chi connectivity index (χ0v) is 13.4. The summed E-state index contributed by atoms with van der Waals surface area (Å²) in [7, 11) is 0. The molecule has 0 amide bonds. The molecule has 0 spiro atoms. The number of anilines is 1. The third kappa shape index (κ3) is 3.60. The summed E-state index contributed by atoms with van der Waals surface area (Å²) in [5, 5.41) is 21.7. The number of aromatic nitrogens is 1. The molecule has 0 radical (unpaired) electrons. The Kier molecular flexibility index (Phi) is 4.38. The minimum absolute atomic E-state index is 0.0983. The number of phenolic OH excluding ortho intramolecular Hbond substituents is 1. The SMILES string of the molecule is Cc1cccc2nc(N[C@@H](Cc3ccc(O)cc3)C(=O)O)oc(=O)c12. The van der Waals surface area contributed by atoms with Crippen LogP contribution in [0.3, 0.4) is 0 Å². The van der Waals surface area contributed by atoms with Gasteiger partial charge in [0.1, 0.15) is 11.8 Å². The molecule has 3 rings (SSSR count). The van der Waals surface area contributed by atoms with Gasteiger partial charge in [-0.15, -0.1) is 0 Å². The Hall–Kier alpha value is -3.35. The van der Waals surface area contributed by atoms with Gasteiger partial charge in [-0.3, -0.25) is 0 Å². The molecular weight excluding hydrogens is 324 g/mol. The minimum Gasteiger partial charge on any atom is -0.508 e. The van der Waals surface area contributed by atoms with E-state index in [0.29, 0.717) is 16.5 Å². The zero-order valence-electron chi connectivity index (χ0n) is 13.4. The Morgan fingerprint density at radius 2 is 1.96 bits per heavy atom. The van der Waals surface area contributed by atoms with Crippen LogP contribution in [-0.2, 0) is 11.2 Å². The van der Waals surface area contributed by atoms with Crippen LogP contribution in [-0.4, -0.2) is 27.2 Å². The predicted octanol–water partition coefficient (Wildman–Crippen LogP) is 2.31. The molecule has 0 aliphatic rings. The van der Waals surface area contributed by atoms with E-state index in [4.69, 9.17) is 4.42 Å². The van der Waals surface area contributed by atoms with Crippen molar-refractivity contribution in [3.8, 4) is 5.75 Å². The first-order valence-electron chi connectivity index (χ1n) is 7.62. The second-order valence-corrected chi connectivity index (χ2v) is 5.68. The van der Waals surface area contributed by atoms with Gasteiger partial charge in [-0.1, -0.05) is 24.3 Å². The van der Waals surface area contributed by atoms with Crippen molar-refractivity contribution in [2.75, 3.05) is 5.32 Å². The van der Waals surface area contributed by atoms with Crippen LogP contribution in [0.2, 0.25) is 0 Å². The Bertz CT molecular complexity index is 979. The number of rotatable bonds is 5. The van der Waals surface area contributed by atoms with E-state index in [0.717, 1.165) is 5.56 Å². The Labute approximate surface area is 142 Å². The second-order valence-electron chi connectivity index (χ2n) is 5.68. The fourth-order valence-corrected chi connectivity index (χ4v) is 2.56. The largest absolute Gasteiger partial charge is 0.508 e. The maximum Gasteiger partial charge on any atom is 0.348 e. The molecule has 0 unspecified atom stereocenters. The van der Waals surface area contributed by atoms with Crippen LogP contribution < -0.4 is 10.9 Å². The number of hydrogen-bond acceptors (Lipinski definition) is 6. The number of benzene rings is 2. The molecule has 0 aliphatic carbocycles. The maximum absolute atomic E-state index is 12.1. The predicted molar refractivity (Wildman–Crippen MR) is 91.9 cm³/mol. The topological polar surface area (TPSA) is 113 Å². The molecule has 0 fully saturated rings. The molecule has 0 saturated heterocycles. The lowest BCUT2D eigenvalue weighted by Gasteiger charge is -2.14. The van der Waals surface area contributed by atoms with Crippen LogP contribution >= 0.6 is 0 Å². The number of fused-ring (bicyclic) bond motifs is 1. The monoisotopic (exact) mass is 340 g/mol. The summed E-state index contributed by atoms with van der Waals surface area (Å²) in [4.78, 5) is 27.9. The number of carbonyl (C=O) groups is 1. The van der Waals surface area contributed by atoms with E-state index in [1.54, 1.807) is 37.3 Å². The summed E-state index contributed by atoms with van der Waals surface area (Å²) in [6.45, 7) is 1.78. The van der Waals surface area contributed by atoms with Crippen LogP contribution in [0.1, 0.15) is 11.1 Å². The highest BCUT2D eigenvalue weighted by molar-refractivity contribution is 5.82. The van der Waals surface area contributed by atoms with Gasteiger partial charge in [-0.2, -0.15) is 4.98 Å². The summed E-state index contributed by atoms with van der Waals surface area (Å²) in [5.41, 5.74) is 1.31. The molecule has 3 aromatic rings. The normalized spacial score (nSPS) is 12.0. The molecule has 3 N–H and O–H groups in total. The van der Waals surface area contributed by atoms with Crippen molar-refractivity contribution in [1.29, 1.82) is 0 Å². The standard InChI is InChI=1S/C18H16N2O5/c1-10-3-2-4-13-15(10)17(24)25-18(19-13)20-14(16(22)23)9-11-5-7-12(21)8-6-11/h2-8,14,21H,9H2,1H3,(H,19,20)(H,22,23)/t14-/m0/s1. The molecule has 7 nitrogen and oxygen atoms in total. The second kappa shape index (κ2) is 6.64. The van der Waals surface area contributed by atoms with Gasteiger partial charge in [0.25, 0.3) is 6.01 Å². The van der Waals surface area contributed by atoms with Crippen molar-refractivity contribution >= 4 is 22.9 Å². The molecule has 7 heteroatoms. The first kappa shape index (κ1) is 16.5. The summed E-state index contributed by atoms with van der Waals surface area (Å²) in [6, 6.07) is 10.2. The molecule has 1 heterocycles. The number of aromatic hydroxyl groups is 1. The Balaban J connectivity index is 1.90. The number of hydrogen-bond donors (Lipinski definition) is 3. The summed E-state index contributed by atoms with van der Waals surface area (Å²) in [5.74, 6) is -1.01. The lowest BCUT2D eigenvalue weighted by Crippen LogP contribution is -2.32. The zero-order chi connectivity index (χ0) is 18.0. The van der Waals surface area contributed by atoms with Crippen LogP contribution in [0, 0.1) is 6.92 Å². The van der Waals surface area contributed by atoms with Gasteiger partial charge in [0.2, 0.25) is 0 Å². The van der Waals surface area contributed by atoms with Gasteiger partial charge in [-0.25, -0.2) is 9.59 Å². The number of nitrogens with one attached hydrogen (secondary N) is 1. The molecule has 128 valence electrons. The number of nitrogens with zero attached hydrogens (tertiary/aromatic N) is 1. The first-order valence-corrected chi connectivity index (χ1v) is 7.62. The van der Waals surface area contributed by atoms with Crippen molar-refractivity contribution < 1.29 is 19.4 Å². The van der Waals surface area contributed by atoms with E-state index in [1.807, 2.05) is 0 Å². The fourth-order valence-electron chi connectivity index (χ4n) is 2.56. The van der Waals surface area contributed by atoms with E-state index >= 15 is 0 Å². The highest BCUT2D eigenvalue weighted by atomic mass is 16.4. The molecule has 0 aliphatic heterocycles. The summed E-state index contributed by atoms with van der Waals surface area (Å²) in [6.07, 6.45) is 0.132. The van der Waals surface area contributed by atoms with Gasteiger partial charge in [-0.05, 0) is 36.2 Å². The van der Waals surface area contributed by atoms with Crippen molar-refractivity contribution in [3.05, 3.63) is 64.0 Å². The van der Waals surface area contributed by atoms with Crippen molar-refractivity contribution in [1.82, 2.24) is 4.98 Å². The van der Waals surface area contributed by atoms with Crippen molar-refractivity contribution in [2.24, 2.45) is 0 Å². The van der Waals surface area contributed by atoms with E-state index < -0.39 is 17.6 Å². The highest BCUT2D eigenvalue weighted by Crippen LogP contribution is 2.17. The van der Waals surface area contributed by atoms with E-state index in [9.17, 15) is 19.8 Å². The average molecular weight is 340 g/mol. The Morgan fingerprint density at radius 1 is 1.24 bits per heavy atom. The molecule has 25 heavy (non-hydrogen) atoms. The molecule has 2 aromatic carbocycles. The van der Waals surface area contributed by atoms with Gasteiger partial charge in [0.05, 0.1) is 10.9 Å². The summed E-state index contributed by atoms with van der Waals surface area (Å²) >= 11 is 0. The Morgan fingerprint density at radius 3 is 2.64 bits per heavy atom. The lowest BCUT2D eigenvalue weighted by atomic mass is 10.1.